The molecule has 0 radical (unpaired) electrons. The molecule has 0 heterocycles. The highest BCUT2D eigenvalue weighted by molar-refractivity contribution is 7.91. The summed E-state index contributed by atoms with van der Waals surface area (Å²) in [7, 11) is -4.45. The van der Waals surface area contributed by atoms with Crippen LogP contribution in [-0.4, -0.2) is 28.0 Å². The van der Waals surface area contributed by atoms with Gasteiger partial charge in [0.1, 0.15) is 13.8 Å². The van der Waals surface area contributed by atoms with Gasteiger partial charge in [0.25, 0.3) is 0 Å². The maximum absolute atomic E-state index is 11.2. The van der Waals surface area contributed by atoms with E-state index in [1.165, 1.54) is 6.08 Å². The van der Waals surface area contributed by atoms with E-state index in [0.29, 0.717) is 0 Å². The predicted octanol–water partition coefficient (Wildman–Crippen LogP) is 1.47. The van der Waals surface area contributed by atoms with E-state index in [1.54, 1.807) is 0 Å². The molecule has 13 heavy (non-hydrogen) atoms. The molecule has 4 heteroatoms. The second kappa shape index (κ2) is 4.63. The summed E-state index contributed by atoms with van der Waals surface area (Å²) in [6, 6.07) is 0. The molecule has 2 nitrogen and oxygen atoms in total. The van der Waals surface area contributed by atoms with E-state index in [-0.39, 0.29) is 11.5 Å². The van der Waals surface area contributed by atoms with Crippen LogP contribution in [0.5, 0.6) is 0 Å². The minimum absolute atomic E-state index is 0.0212. The zero-order valence-electron chi connectivity index (χ0n) is 8.42. The Kier molecular flexibility index (Phi) is 4.44. The van der Waals surface area contributed by atoms with Crippen LogP contribution in [0.15, 0.2) is 12.7 Å². The summed E-state index contributed by atoms with van der Waals surface area (Å²) >= 11 is 0. The maximum atomic E-state index is 11.2. The summed E-state index contributed by atoms with van der Waals surface area (Å²) in [5.74, 6) is 2.71. The van der Waals surface area contributed by atoms with Gasteiger partial charge in [-0.15, -0.1) is 12.1 Å². The smallest absolute Gasteiger partial charge is 0.165 e. The van der Waals surface area contributed by atoms with Gasteiger partial charge >= 0.3 is 0 Å². The summed E-state index contributed by atoms with van der Waals surface area (Å²) in [6.45, 7) is 9.63. The molecule has 0 atom stereocenters. The molecule has 0 unspecified atom stereocenters. The Hall–Kier alpha value is -0.533. The van der Waals surface area contributed by atoms with Crippen LogP contribution < -0.4 is 0 Å². The molecule has 0 aliphatic carbocycles. The van der Waals surface area contributed by atoms with Gasteiger partial charge in [0.2, 0.25) is 0 Å². The lowest BCUT2D eigenvalue weighted by atomic mass is 10.8. The Bertz CT molecular complexity index is 325. The number of sulfone groups is 1. The molecule has 0 aliphatic rings. The van der Waals surface area contributed by atoms with Crippen LogP contribution in [0.1, 0.15) is 0 Å². The summed E-state index contributed by atoms with van der Waals surface area (Å²) in [6.07, 6.45) is 1.39. The van der Waals surface area contributed by atoms with Crippen LogP contribution in [-0.2, 0) is 9.84 Å². The van der Waals surface area contributed by atoms with E-state index in [4.69, 9.17) is 0 Å². The second-order valence-corrected chi connectivity index (χ2v) is 10.8. The van der Waals surface area contributed by atoms with Crippen molar-refractivity contribution in [2.45, 2.75) is 19.6 Å². The normalized spacial score (nSPS) is 11.6. The van der Waals surface area contributed by atoms with E-state index >= 15 is 0 Å². The third-order valence-corrected chi connectivity index (χ3v) is 3.38. The molecule has 0 saturated carbocycles. The van der Waals surface area contributed by atoms with E-state index in [9.17, 15) is 8.42 Å². The molecule has 74 valence electrons. The lowest BCUT2D eigenvalue weighted by molar-refractivity contribution is 0.602. The van der Waals surface area contributed by atoms with Gasteiger partial charge in [-0.3, -0.25) is 0 Å². The second-order valence-electron chi connectivity index (χ2n) is 3.90. The molecule has 0 rings (SSSR count). The zero-order valence-corrected chi connectivity index (χ0v) is 10.2. The van der Waals surface area contributed by atoms with Gasteiger partial charge in [0, 0.05) is 0 Å². The first kappa shape index (κ1) is 12.5. The van der Waals surface area contributed by atoms with Crippen LogP contribution in [0.4, 0.5) is 0 Å². The SMILES string of the molecule is C=CCS(=O)(=O)CC#C[Si](C)(C)C. The largest absolute Gasteiger partial charge is 0.228 e. The van der Waals surface area contributed by atoms with Crippen molar-refractivity contribution in [3.05, 3.63) is 12.7 Å². The van der Waals surface area contributed by atoms with Crippen LogP contribution in [0, 0.1) is 11.5 Å². The molecule has 0 aromatic carbocycles. The first-order valence-electron chi connectivity index (χ1n) is 4.08. The highest BCUT2D eigenvalue weighted by atomic mass is 32.2. The molecule has 0 saturated heterocycles. The van der Waals surface area contributed by atoms with Crippen LogP contribution in [0.3, 0.4) is 0 Å². The van der Waals surface area contributed by atoms with Crippen molar-refractivity contribution in [2.24, 2.45) is 0 Å². The van der Waals surface area contributed by atoms with Crippen molar-refractivity contribution in [1.29, 1.82) is 0 Å². The number of rotatable bonds is 3. The fourth-order valence-electron chi connectivity index (χ4n) is 0.650. The molecule has 0 amide bonds. The average molecular weight is 216 g/mol. The monoisotopic (exact) mass is 216 g/mol. The van der Waals surface area contributed by atoms with Crippen LogP contribution in [0.2, 0.25) is 19.6 Å². The molecular weight excluding hydrogens is 200 g/mol. The third-order valence-electron chi connectivity index (χ3n) is 1.13. The zero-order chi connectivity index (χ0) is 10.5. The minimum atomic E-state index is -3.02. The minimum Gasteiger partial charge on any atom is -0.228 e. The Morgan fingerprint density at radius 1 is 1.38 bits per heavy atom. The standard InChI is InChI=1S/C9H16O2SSi/c1-5-7-12(10,11)8-6-9-13(2,3)4/h5H,1,7-8H2,2-4H3. The van der Waals surface area contributed by atoms with Gasteiger partial charge in [-0.25, -0.2) is 8.42 Å². The molecule has 0 fully saturated rings. The third kappa shape index (κ3) is 7.82. The molecule has 0 bridgehead atoms. The average Bonchev–Trinajstić information content (AvgIpc) is 1.82. The van der Waals surface area contributed by atoms with Gasteiger partial charge in [0.15, 0.2) is 9.84 Å². The molecule has 0 aliphatic heterocycles. The van der Waals surface area contributed by atoms with Crippen molar-refractivity contribution < 1.29 is 8.42 Å². The van der Waals surface area contributed by atoms with Gasteiger partial charge < -0.3 is 0 Å². The lowest BCUT2D eigenvalue weighted by Crippen LogP contribution is -2.17. The maximum Gasteiger partial charge on any atom is 0.165 e. The van der Waals surface area contributed by atoms with Crippen molar-refractivity contribution in [3.63, 3.8) is 0 Å². The lowest BCUT2D eigenvalue weighted by Gasteiger charge is -2.03. The Balaban J connectivity index is 4.30. The Labute approximate surface area is 82.0 Å². The topological polar surface area (TPSA) is 34.1 Å². The molecule has 0 N–H and O–H groups in total. The summed E-state index contributed by atoms with van der Waals surface area (Å²) in [4.78, 5) is 0. The van der Waals surface area contributed by atoms with Gasteiger partial charge in [-0.2, -0.15) is 0 Å². The van der Waals surface area contributed by atoms with Crippen molar-refractivity contribution in [3.8, 4) is 11.5 Å². The van der Waals surface area contributed by atoms with E-state index < -0.39 is 17.9 Å². The molecular formula is C9H16O2SSi. The van der Waals surface area contributed by atoms with Gasteiger partial charge in [-0.05, 0) is 0 Å². The van der Waals surface area contributed by atoms with Crippen LogP contribution >= 0.6 is 0 Å². The summed E-state index contributed by atoms with van der Waals surface area (Å²) in [5.41, 5.74) is 3.01. The summed E-state index contributed by atoms with van der Waals surface area (Å²) in [5, 5.41) is 0. The van der Waals surface area contributed by atoms with E-state index in [1.807, 2.05) is 0 Å². The van der Waals surface area contributed by atoms with Crippen molar-refractivity contribution >= 4 is 17.9 Å². The van der Waals surface area contributed by atoms with E-state index in [2.05, 4.69) is 37.7 Å². The van der Waals surface area contributed by atoms with Gasteiger partial charge in [-0.1, -0.05) is 31.6 Å². The fourth-order valence-corrected chi connectivity index (χ4v) is 2.17. The Morgan fingerprint density at radius 3 is 2.31 bits per heavy atom. The van der Waals surface area contributed by atoms with E-state index in [0.717, 1.165) is 0 Å². The molecule has 0 aromatic rings. The molecule has 0 aromatic heterocycles. The quantitative estimate of drug-likeness (QED) is 0.407. The predicted molar refractivity (Wildman–Crippen MR) is 60.0 cm³/mol. The number of hydrogen-bond donors (Lipinski definition) is 0. The van der Waals surface area contributed by atoms with Gasteiger partial charge in [0.05, 0.1) is 5.75 Å². The van der Waals surface area contributed by atoms with Crippen LogP contribution in [0.25, 0.3) is 0 Å². The first-order valence-corrected chi connectivity index (χ1v) is 9.40. The highest BCUT2D eigenvalue weighted by Gasteiger charge is 2.09. The summed E-state index contributed by atoms with van der Waals surface area (Å²) < 4.78 is 22.3. The fraction of sp³-hybridized carbons (Fsp3) is 0.556. The number of hydrogen-bond acceptors (Lipinski definition) is 2. The van der Waals surface area contributed by atoms with Crippen molar-refractivity contribution in [2.75, 3.05) is 11.5 Å². The van der Waals surface area contributed by atoms with Crippen molar-refractivity contribution in [1.82, 2.24) is 0 Å². The Morgan fingerprint density at radius 2 is 1.92 bits per heavy atom. The highest BCUT2D eigenvalue weighted by Crippen LogP contribution is 1.97. The molecule has 0 spiro atoms. The first-order chi connectivity index (χ1) is 5.77.